The van der Waals surface area contributed by atoms with Crippen molar-refractivity contribution in [1.29, 1.82) is 0 Å². The number of aryl methyl sites for hydroxylation is 1. The van der Waals surface area contributed by atoms with E-state index in [0.29, 0.717) is 12.5 Å². The molecule has 1 aliphatic carbocycles. The molecule has 0 spiro atoms. The standard InChI is InChI=1S/C28H23N4O.C21H28NSi.Ir/c1-17(2)23-14-24-25(15-30-23)32(16-19-8-5-4-6-9-19)28(31-24)22-11-7-10-20-21-12-13-29-18(3)26(21)33-27(20)22;1-23(2,3)21-16-22-20(18-12-8-5-9-13-18)15-19(21)14-17-10-6-4-7-11-17;/h4-10,12-15,17H,16H2,1-3H3;5,8-9,12,15-17H,4,6-7,10-11,14H2,1-3H3;/q2*-1;. The van der Waals surface area contributed by atoms with Crippen molar-refractivity contribution in [3.8, 4) is 22.6 Å². The van der Waals surface area contributed by atoms with Gasteiger partial charge in [0.1, 0.15) is 5.58 Å². The van der Waals surface area contributed by atoms with Gasteiger partial charge in [-0.05, 0) is 53.8 Å². The van der Waals surface area contributed by atoms with E-state index >= 15 is 0 Å². The molecule has 0 saturated heterocycles. The van der Waals surface area contributed by atoms with Crippen molar-refractivity contribution in [2.24, 2.45) is 5.92 Å². The van der Waals surface area contributed by atoms with Gasteiger partial charge in [-0.15, -0.1) is 54.1 Å². The average Bonchev–Trinajstić information content (AvgIpc) is 3.78. The zero-order chi connectivity index (χ0) is 38.8. The minimum Gasteiger partial charge on any atom is -0.499 e. The molecule has 0 unspecified atom stereocenters. The number of pyridine rings is 3. The predicted octanol–water partition coefficient (Wildman–Crippen LogP) is 11.9. The summed E-state index contributed by atoms with van der Waals surface area (Å²) < 4.78 is 8.58. The van der Waals surface area contributed by atoms with E-state index < -0.39 is 8.07 Å². The molecule has 0 aliphatic heterocycles. The maximum Gasteiger partial charge on any atom is 0.142 e. The Bertz CT molecular complexity index is 2600. The van der Waals surface area contributed by atoms with E-state index in [1.165, 1.54) is 44.1 Å². The molecule has 293 valence electrons. The monoisotopic (exact) mass is 946 g/mol. The van der Waals surface area contributed by atoms with E-state index in [-0.39, 0.29) is 20.1 Å². The number of benzene rings is 3. The van der Waals surface area contributed by atoms with Gasteiger partial charge < -0.3 is 14.0 Å². The van der Waals surface area contributed by atoms with Gasteiger partial charge in [0.2, 0.25) is 0 Å². The molecule has 8 aromatic rings. The fourth-order valence-corrected chi connectivity index (χ4v) is 9.77. The topological polar surface area (TPSA) is 69.6 Å². The molecule has 0 amide bonds. The van der Waals surface area contributed by atoms with Crippen LogP contribution in [0.4, 0.5) is 0 Å². The Balaban J connectivity index is 0.000000183. The summed E-state index contributed by atoms with van der Waals surface area (Å²) in [6.07, 6.45) is 14.2. The second kappa shape index (κ2) is 17.4. The van der Waals surface area contributed by atoms with Crippen molar-refractivity contribution in [1.82, 2.24) is 24.5 Å². The Morgan fingerprint density at radius 2 is 1.60 bits per heavy atom. The number of nitrogens with zero attached hydrogens (tertiary/aromatic N) is 5. The molecule has 1 saturated carbocycles. The molecule has 3 aromatic carbocycles. The summed E-state index contributed by atoms with van der Waals surface area (Å²) in [6, 6.07) is 35.8. The maximum atomic E-state index is 6.37. The molecule has 1 fully saturated rings. The number of hydrogen-bond acceptors (Lipinski definition) is 5. The summed E-state index contributed by atoms with van der Waals surface area (Å²) in [5, 5.41) is 3.65. The van der Waals surface area contributed by atoms with Crippen molar-refractivity contribution in [3.05, 3.63) is 138 Å². The second-order valence-electron chi connectivity index (χ2n) is 16.7. The SMILES string of the molecule is C[Si](C)(C)c1cnc(-c2[c-]cccc2)cc1CC1CCCCC1.Cc1nccc2c1oc1c(-c3nc4cc(C(C)C)ncc4n3Cc3ccccc3)[c-]ccc12.[Ir]. The van der Waals surface area contributed by atoms with E-state index in [1.54, 1.807) is 10.8 Å². The van der Waals surface area contributed by atoms with Crippen molar-refractivity contribution < 1.29 is 24.5 Å². The largest absolute Gasteiger partial charge is 0.499 e. The van der Waals surface area contributed by atoms with Gasteiger partial charge in [-0.25, -0.2) is 0 Å². The molecule has 8 heteroatoms. The van der Waals surface area contributed by atoms with Crippen LogP contribution in [-0.2, 0) is 33.1 Å². The van der Waals surface area contributed by atoms with Crippen LogP contribution in [0, 0.1) is 25.0 Å². The van der Waals surface area contributed by atoms with Crippen LogP contribution >= 0.6 is 0 Å². The molecule has 5 heterocycles. The molecule has 57 heavy (non-hydrogen) atoms. The number of fused-ring (bicyclic) bond motifs is 4. The fraction of sp³-hybridized carbons (Fsp3) is 0.306. The molecular formula is C49H51IrN5OSi-2. The summed E-state index contributed by atoms with van der Waals surface area (Å²) in [5.41, 5.74) is 11.2. The molecule has 5 aromatic heterocycles. The van der Waals surface area contributed by atoms with E-state index in [0.717, 1.165) is 72.9 Å². The van der Waals surface area contributed by atoms with Gasteiger partial charge in [-0.1, -0.05) is 119 Å². The first-order valence-corrected chi connectivity index (χ1v) is 23.7. The van der Waals surface area contributed by atoms with E-state index in [2.05, 4.69) is 110 Å². The van der Waals surface area contributed by atoms with Crippen LogP contribution in [0.25, 0.3) is 55.6 Å². The average molecular weight is 946 g/mol. The number of rotatable bonds is 8. The van der Waals surface area contributed by atoms with Crippen LogP contribution in [0.2, 0.25) is 19.6 Å². The van der Waals surface area contributed by atoms with Crippen LogP contribution in [0.5, 0.6) is 0 Å². The van der Waals surface area contributed by atoms with Gasteiger partial charge >= 0.3 is 0 Å². The first kappa shape index (κ1) is 40.4. The number of imidazole rings is 1. The summed E-state index contributed by atoms with van der Waals surface area (Å²) in [5.74, 6) is 2.03. The third kappa shape index (κ3) is 8.74. The summed E-state index contributed by atoms with van der Waals surface area (Å²) >= 11 is 0. The minimum absolute atomic E-state index is 0. The van der Waals surface area contributed by atoms with Gasteiger partial charge in [0, 0.05) is 50.1 Å². The van der Waals surface area contributed by atoms with Gasteiger partial charge in [-0.3, -0.25) is 15.0 Å². The van der Waals surface area contributed by atoms with E-state index in [9.17, 15) is 0 Å². The quantitative estimate of drug-likeness (QED) is 0.112. The van der Waals surface area contributed by atoms with Crippen LogP contribution < -0.4 is 5.19 Å². The Morgan fingerprint density at radius 1 is 0.825 bits per heavy atom. The van der Waals surface area contributed by atoms with Crippen molar-refractivity contribution >= 4 is 46.2 Å². The van der Waals surface area contributed by atoms with Crippen molar-refractivity contribution in [2.45, 2.75) is 91.4 Å². The van der Waals surface area contributed by atoms with Gasteiger partial charge in [-0.2, -0.15) is 0 Å². The van der Waals surface area contributed by atoms with E-state index in [4.69, 9.17) is 19.4 Å². The molecule has 0 bridgehead atoms. The van der Waals surface area contributed by atoms with Gasteiger partial charge in [0.05, 0.1) is 42.4 Å². The zero-order valence-electron chi connectivity index (χ0n) is 33.9. The fourth-order valence-electron chi connectivity index (χ4n) is 8.18. The number of hydrogen-bond donors (Lipinski definition) is 0. The first-order chi connectivity index (χ1) is 27.1. The number of aromatic nitrogens is 5. The molecule has 6 nitrogen and oxygen atoms in total. The minimum atomic E-state index is -1.36. The van der Waals surface area contributed by atoms with Gasteiger partial charge in [0.15, 0.2) is 0 Å². The van der Waals surface area contributed by atoms with E-state index in [1.807, 2.05) is 55.7 Å². The normalized spacial score (nSPS) is 13.5. The van der Waals surface area contributed by atoms with Crippen molar-refractivity contribution in [2.75, 3.05) is 0 Å². The van der Waals surface area contributed by atoms with Crippen LogP contribution in [0.15, 0.2) is 108 Å². The number of furan rings is 1. The Morgan fingerprint density at radius 3 is 2.33 bits per heavy atom. The Hall–Kier alpha value is -4.75. The predicted molar refractivity (Wildman–Crippen MR) is 233 cm³/mol. The van der Waals surface area contributed by atoms with Crippen LogP contribution in [0.3, 0.4) is 0 Å². The molecule has 1 aliphatic rings. The summed E-state index contributed by atoms with van der Waals surface area (Å²) in [4.78, 5) is 19.0. The second-order valence-corrected chi connectivity index (χ2v) is 21.7. The van der Waals surface area contributed by atoms with Gasteiger partial charge in [0.25, 0.3) is 0 Å². The first-order valence-electron chi connectivity index (χ1n) is 20.2. The third-order valence-corrected chi connectivity index (χ3v) is 13.3. The molecule has 0 atom stereocenters. The smallest absolute Gasteiger partial charge is 0.142 e. The van der Waals surface area contributed by atoms with Crippen LogP contribution in [0.1, 0.15) is 74.4 Å². The maximum absolute atomic E-state index is 6.37. The molecule has 0 N–H and O–H groups in total. The third-order valence-electron chi connectivity index (χ3n) is 11.2. The Labute approximate surface area is 351 Å². The molecular weight excluding hydrogens is 895 g/mol. The molecule has 1 radical (unpaired) electrons. The Kier molecular flexibility index (Phi) is 12.3. The zero-order valence-corrected chi connectivity index (χ0v) is 37.3. The summed E-state index contributed by atoms with van der Waals surface area (Å²) in [7, 11) is -1.36. The van der Waals surface area contributed by atoms with Crippen LogP contribution in [-0.4, -0.2) is 32.6 Å². The summed E-state index contributed by atoms with van der Waals surface area (Å²) in [6.45, 7) is 14.2. The van der Waals surface area contributed by atoms with Crippen molar-refractivity contribution in [3.63, 3.8) is 0 Å². The molecule has 9 rings (SSSR count).